The maximum Gasteiger partial charge on any atom is 0.246 e. The fourth-order valence-electron chi connectivity index (χ4n) is 1.40. The first-order valence-electron chi connectivity index (χ1n) is 6.29. The Morgan fingerprint density at radius 1 is 0.850 bits per heavy atom. The number of rotatable bonds is 4. The first kappa shape index (κ1) is 15.7. The summed E-state index contributed by atoms with van der Waals surface area (Å²) in [6.45, 7) is 0. The molecular formula is C16H20N2O2. The molecule has 0 heterocycles. The molecule has 1 aromatic carbocycles. The summed E-state index contributed by atoms with van der Waals surface area (Å²) in [5.41, 5.74) is 1.83. The highest BCUT2D eigenvalue weighted by atomic mass is 16.2. The lowest BCUT2D eigenvalue weighted by atomic mass is 10.1. The maximum absolute atomic E-state index is 11.5. The van der Waals surface area contributed by atoms with E-state index in [0.29, 0.717) is 0 Å². The van der Waals surface area contributed by atoms with Gasteiger partial charge in [0.25, 0.3) is 0 Å². The van der Waals surface area contributed by atoms with Crippen molar-refractivity contribution in [3.05, 3.63) is 47.5 Å². The van der Waals surface area contributed by atoms with Crippen LogP contribution >= 0.6 is 0 Å². The van der Waals surface area contributed by atoms with Crippen LogP contribution in [0.15, 0.2) is 36.4 Å². The summed E-state index contributed by atoms with van der Waals surface area (Å²) in [5, 5.41) is 0. The molecule has 0 aliphatic rings. The second-order valence-corrected chi connectivity index (χ2v) is 4.80. The Kier molecular flexibility index (Phi) is 5.72. The van der Waals surface area contributed by atoms with E-state index in [-0.39, 0.29) is 11.8 Å². The third-order valence-electron chi connectivity index (χ3n) is 2.63. The molecule has 0 unspecified atom stereocenters. The first-order chi connectivity index (χ1) is 9.40. The number of benzene rings is 1. The Balaban J connectivity index is 2.81. The van der Waals surface area contributed by atoms with Crippen molar-refractivity contribution in [1.82, 2.24) is 9.80 Å². The summed E-state index contributed by atoms with van der Waals surface area (Å²) in [6, 6.07) is 7.62. The lowest BCUT2D eigenvalue weighted by molar-refractivity contribution is -0.124. The minimum Gasteiger partial charge on any atom is -0.345 e. The van der Waals surface area contributed by atoms with E-state index < -0.39 is 0 Å². The van der Waals surface area contributed by atoms with Crippen LogP contribution in [-0.2, 0) is 9.59 Å². The Labute approximate surface area is 120 Å². The van der Waals surface area contributed by atoms with Crippen LogP contribution in [0.4, 0.5) is 0 Å². The van der Waals surface area contributed by atoms with Crippen LogP contribution in [0.2, 0.25) is 0 Å². The quantitative estimate of drug-likeness (QED) is 0.785. The van der Waals surface area contributed by atoms with Gasteiger partial charge in [-0.1, -0.05) is 18.2 Å². The molecule has 0 N–H and O–H groups in total. The highest BCUT2D eigenvalue weighted by Gasteiger charge is 1.98. The van der Waals surface area contributed by atoms with Gasteiger partial charge in [-0.15, -0.1) is 0 Å². The van der Waals surface area contributed by atoms with Crippen molar-refractivity contribution in [3.63, 3.8) is 0 Å². The highest BCUT2D eigenvalue weighted by Crippen LogP contribution is 2.09. The fourth-order valence-corrected chi connectivity index (χ4v) is 1.40. The molecular weight excluding hydrogens is 252 g/mol. The van der Waals surface area contributed by atoms with Gasteiger partial charge in [-0.2, -0.15) is 0 Å². The van der Waals surface area contributed by atoms with Crippen LogP contribution in [0.5, 0.6) is 0 Å². The predicted octanol–water partition coefficient (Wildman–Crippen LogP) is 1.89. The lowest BCUT2D eigenvalue weighted by Gasteiger charge is -2.06. The molecule has 0 aromatic heterocycles. The van der Waals surface area contributed by atoms with Gasteiger partial charge in [-0.3, -0.25) is 9.59 Å². The van der Waals surface area contributed by atoms with E-state index in [1.54, 1.807) is 40.3 Å². The molecule has 4 heteroatoms. The molecule has 0 bridgehead atoms. The Morgan fingerprint density at radius 2 is 1.25 bits per heavy atom. The second kappa shape index (κ2) is 7.28. The van der Waals surface area contributed by atoms with Crippen molar-refractivity contribution in [2.24, 2.45) is 0 Å². The maximum atomic E-state index is 11.5. The summed E-state index contributed by atoms with van der Waals surface area (Å²) in [6.07, 6.45) is 6.56. The van der Waals surface area contributed by atoms with Gasteiger partial charge in [0.15, 0.2) is 0 Å². The van der Waals surface area contributed by atoms with Gasteiger partial charge in [0.2, 0.25) is 11.8 Å². The minimum atomic E-state index is -0.0614. The van der Waals surface area contributed by atoms with E-state index >= 15 is 0 Å². The average molecular weight is 272 g/mol. The Hall–Kier alpha value is -2.36. The van der Waals surface area contributed by atoms with Gasteiger partial charge in [-0.05, 0) is 29.3 Å². The Bertz CT molecular complexity index is 498. The largest absolute Gasteiger partial charge is 0.345 e. The Morgan fingerprint density at radius 3 is 1.60 bits per heavy atom. The van der Waals surface area contributed by atoms with Crippen LogP contribution in [-0.4, -0.2) is 49.8 Å². The normalized spacial score (nSPS) is 11.0. The van der Waals surface area contributed by atoms with Crippen LogP contribution in [0, 0.1) is 0 Å². The van der Waals surface area contributed by atoms with Crippen molar-refractivity contribution < 1.29 is 9.59 Å². The van der Waals surface area contributed by atoms with Crippen molar-refractivity contribution >= 4 is 24.0 Å². The lowest BCUT2D eigenvalue weighted by Crippen LogP contribution is -2.18. The molecule has 1 aromatic rings. The van der Waals surface area contributed by atoms with Crippen LogP contribution in [0.25, 0.3) is 12.2 Å². The van der Waals surface area contributed by atoms with Gasteiger partial charge in [0, 0.05) is 40.3 Å². The summed E-state index contributed by atoms with van der Waals surface area (Å²) < 4.78 is 0. The van der Waals surface area contributed by atoms with E-state index in [1.165, 1.54) is 22.0 Å². The molecule has 106 valence electrons. The number of nitrogens with zero attached hydrogens (tertiary/aromatic N) is 2. The minimum absolute atomic E-state index is 0.0614. The van der Waals surface area contributed by atoms with Crippen molar-refractivity contribution in [2.45, 2.75) is 0 Å². The highest BCUT2D eigenvalue weighted by molar-refractivity contribution is 5.92. The standard InChI is InChI=1S/C16H20N2O2/c1-17(2)15(19)10-8-13-6-5-7-14(12-13)9-11-16(20)18(3)4/h5-12H,1-4H3/b10-8+,11-9+. The summed E-state index contributed by atoms with van der Waals surface area (Å²) >= 11 is 0. The number of hydrogen-bond donors (Lipinski definition) is 0. The van der Waals surface area contributed by atoms with E-state index in [2.05, 4.69) is 0 Å². The van der Waals surface area contributed by atoms with Gasteiger partial charge in [0.1, 0.15) is 0 Å². The molecule has 0 aliphatic heterocycles. The zero-order chi connectivity index (χ0) is 15.1. The molecule has 4 nitrogen and oxygen atoms in total. The molecule has 0 atom stereocenters. The number of amides is 2. The van der Waals surface area contributed by atoms with E-state index in [4.69, 9.17) is 0 Å². The first-order valence-corrected chi connectivity index (χ1v) is 6.29. The summed E-state index contributed by atoms with van der Waals surface area (Å²) in [5.74, 6) is -0.123. The van der Waals surface area contributed by atoms with Crippen molar-refractivity contribution in [1.29, 1.82) is 0 Å². The third kappa shape index (κ3) is 5.10. The zero-order valence-corrected chi connectivity index (χ0v) is 12.3. The van der Waals surface area contributed by atoms with E-state index in [9.17, 15) is 9.59 Å². The van der Waals surface area contributed by atoms with Gasteiger partial charge in [0.05, 0.1) is 0 Å². The number of carbonyl (C=O) groups is 2. The molecule has 2 amide bonds. The smallest absolute Gasteiger partial charge is 0.246 e. The van der Waals surface area contributed by atoms with E-state index in [0.717, 1.165) is 11.1 Å². The van der Waals surface area contributed by atoms with Gasteiger partial charge >= 0.3 is 0 Å². The zero-order valence-electron chi connectivity index (χ0n) is 12.3. The molecule has 1 rings (SSSR count). The SMILES string of the molecule is CN(C)C(=O)/C=C/c1cccc(/C=C/C(=O)N(C)C)c1. The number of carbonyl (C=O) groups excluding carboxylic acids is 2. The molecule has 0 fully saturated rings. The molecule has 0 saturated heterocycles. The monoisotopic (exact) mass is 272 g/mol. The van der Waals surface area contributed by atoms with Crippen LogP contribution in [0.3, 0.4) is 0 Å². The van der Waals surface area contributed by atoms with Gasteiger partial charge in [-0.25, -0.2) is 0 Å². The molecule has 0 aliphatic carbocycles. The van der Waals surface area contributed by atoms with E-state index in [1.807, 2.05) is 24.3 Å². The summed E-state index contributed by atoms with van der Waals surface area (Å²) in [4.78, 5) is 26.0. The average Bonchev–Trinajstić information content (AvgIpc) is 2.42. The number of likely N-dealkylation sites (N-methyl/N-ethyl adjacent to an activating group) is 2. The third-order valence-corrected chi connectivity index (χ3v) is 2.63. The molecule has 0 spiro atoms. The van der Waals surface area contributed by atoms with Crippen molar-refractivity contribution in [2.75, 3.05) is 28.2 Å². The second-order valence-electron chi connectivity index (χ2n) is 4.80. The number of hydrogen-bond acceptors (Lipinski definition) is 2. The molecule has 0 saturated carbocycles. The summed E-state index contributed by atoms with van der Waals surface area (Å²) in [7, 11) is 6.83. The van der Waals surface area contributed by atoms with Crippen LogP contribution < -0.4 is 0 Å². The molecule has 20 heavy (non-hydrogen) atoms. The van der Waals surface area contributed by atoms with Gasteiger partial charge < -0.3 is 9.80 Å². The van der Waals surface area contributed by atoms with Crippen LogP contribution in [0.1, 0.15) is 11.1 Å². The van der Waals surface area contributed by atoms with Crippen molar-refractivity contribution in [3.8, 4) is 0 Å². The topological polar surface area (TPSA) is 40.6 Å². The fraction of sp³-hybridized carbons (Fsp3) is 0.250. The predicted molar refractivity (Wildman–Crippen MR) is 81.9 cm³/mol. The molecule has 0 radical (unpaired) electrons.